The van der Waals surface area contributed by atoms with Gasteiger partial charge in [0.2, 0.25) is 0 Å². The number of rotatable bonds is 4. The van der Waals surface area contributed by atoms with Gasteiger partial charge in [0.1, 0.15) is 17.1 Å². The van der Waals surface area contributed by atoms with E-state index in [2.05, 4.69) is 15.2 Å². The number of nitrogens with one attached hydrogen (secondary N) is 1. The molecule has 1 aliphatic rings. The monoisotopic (exact) mass is 444 g/mol. The van der Waals surface area contributed by atoms with E-state index in [1.165, 1.54) is 0 Å². The number of carbonyl (C=O) groups is 1. The molecule has 0 saturated carbocycles. The first kappa shape index (κ1) is 20.3. The van der Waals surface area contributed by atoms with Crippen molar-refractivity contribution in [1.82, 2.24) is 20.1 Å². The van der Waals surface area contributed by atoms with Crippen molar-refractivity contribution >= 4 is 17.5 Å². The highest BCUT2D eigenvalue weighted by molar-refractivity contribution is 6.31. The number of nitrogens with zero attached hydrogens (tertiary/aromatic N) is 3. The Morgan fingerprint density at radius 2 is 1.94 bits per heavy atom. The Labute approximate surface area is 190 Å². The number of pyridine rings is 1. The first-order valence-corrected chi connectivity index (χ1v) is 10.7. The molecule has 0 radical (unpaired) electrons. The molecule has 5 rings (SSSR count). The summed E-state index contributed by atoms with van der Waals surface area (Å²) in [5, 5.41) is 18.5. The fraction of sp³-hybridized carbons (Fsp3) is 0.160. The van der Waals surface area contributed by atoms with Crippen LogP contribution in [-0.2, 0) is 6.54 Å². The fourth-order valence-electron chi connectivity index (χ4n) is 4.20. The molecule has 2 aromatic carbocycles. The third kappa shape index (κ3) is 3.33. The number of carbonyl (C=O) groups excluding carboxylic acids is 1. The number of aromatic amines is 1. The molecule has 0 unspecified atom stereocenters. The van der Waals surface area contributed by atoms with E-state index in [1.807, 2.05) is 50.2 Å². The molecule has 2 N–H and O–H groups in total. The van der Waals surface area contributed by atoms with E-state index < -0.39 is 0 Å². The van der Waals surface area contributed by atoms with E-state index >= 15 is 0 Å². The Hall–Kier alpha value is -3.64. The number of aryl methyl sites for hydroxylation is 2. The molecule has 0 saturated heterocycles. The second-order valence-electron chi connectivity index (χ2n) is 8.09. The highest BCUT2D eigenvalue weighted by Crippen LogP contribution is 2.45. The standard InChI is InChI=1S/C25H21ClN4O2/c1-14-5-7-17(8-6-14)24-21-22(18-11-19(26)15(2)10-20(18)31)28-29-23(21)25(32)30(24)13-16-4-3-9-27-12-16/h3-12,24,31H,13H2,1-2H3,(H,28,29)/t24-/m1/s1. The molecule has 0 bridgehead atoms. The summed E-state index contributed by atoms with van der Waals surface area (Å²) in [6, 6.07) is 14.9. The van der Waals surface area contributed by atoms with Crippen LogP contribution in [0.4, 0.5) is 0 Å². The van der Waals surface area contributed by atoms with Gasteiger partial charge in [-0.15, -0.1) is 0 Å². The summed E-state index contributed by atoms with van der Waals surface area (Å²) in [6.07, 6.45) is 3.47. The van der Waals surface area contributed by atoms with E-state index in [1.54, 1.807) is 29.4 Å². The van der Waals surface area contributed by atoms with Gasteiger partial charge in [0.05, 0.1) is 6.04 Å². The molecule has 2 aromatic heterocycles. The predicted molar refractivity (Wildman–Crippen MR) is 123 cm³/mol. The first-order chi connectivity index (χ1) is 15.4. The summed E-state index contributed by atoms with van der Waals surface area (Å²) in [5.74, 6) is -0.0760. The van der Waals surface area contributed by atoms with Crippen LogP contribution in [0.1, 0.15) is 44.3 Å². The van der Waals surface area contributed by atoms with Crippen LogP contribution in [0.2, 0.25) is 5.02 Å². The largest absolute Gasteiger partial charge is 0.507 e. The van der Waals surface area contributed by atoms with E-state index in [0.717, 1.165) is 27.8 Å². The van der Waals surface area contributed by atoms with Crippen molar-refractivity contribution in [3.8, 4) is 17.0 Å². The van der Waals surface area contributed by atoms with Crippen molar-refractivity contribution in [1.29, 1.82) is 0 Å². The van der Waals surface area contributed by atoms with Gasteiger partial charge in [-0.25, -0.2) is 0 Å². The maximum atomic E-state index is 13.4. The van der Waals surface area contributed by atoms with Crippen LogP contribution >= 0.6 is 11.6 Å². The number of H-pyrrole nitrogens is 1. The van der Waals surface area contributed by atoms with Crippen LogP contribution in [0.5, 0.6) is 5.75 Å². The second-order valence-corrected chi connectivity index (χ2v) is 8.49. The third-order valence-electron chi connectivity index (χ3n) is 5.86. The Balaban J connectivity index is 1.68. The molecule has 4 aromatic rings. The average molecular weight is 445 g/mol. The maximum absolute atomic E-state index is 13.4. The number of hydrogen-bond donors (Lipinski definition) is 2. The topological polar surface area (TPSA) is 82.1 Å². The highest BCUT2D eigenvalue weighted by atomic mass is 35.5. The summed E-state index contributed by atoms with van der Waals surface area (Å²) < 4.78 is 0. The van der Waals surface area contributed by atoms with Crippen LogP contribution in [0.3, 0.4) is 0 Å². The zero-order valence-electron chi connectivity index (χ0n) is 17.6. The molecule has 32 heavy (non-hydrogen) atoms. The van der Waals surface area contributed by atoms with E-state index in [4.69, 9.17) is 11.6 Å². The molecule has 1 atom stereocenters. The molecular weight excluding hydrogens is 424 g/mol. The Morgan fingerprint density at radius 3 is 2.66 bits per heavy atom. The number of halogens is 1. The lowest BCUT2D eigenvalue weighted by Gasteiger charge is -2.26. The number of benzene rings is 2. The fourth-order valence-corrected chi connectivity index (χ4v) is 4.37. The number of fused-ring (bicyclic) bond motifs is 1. The lowest BCUT2D eigenvalue weighted by molar-refractivity contribution is 0.0730. The first-order valence-electron chi connectivity index (χ1n) is 10.3. The number of amides is 1. The quantitative estimate of drug-likeness (QED) is 0.453. The van der Waals surface area contributed by atoms with Crippen molar-refractivity contribution in [2.75, 3.05) is 0 Å². The number of phenolic OH excluding ortho intramolecular Hbond substituents is 1. The van der Waals surface area contributed by atoms with E-state index in [9.17, 15) is 9.90 Å². The van der Waals surface area contributed by atoms with Crippen molar-refractivity contribution in [3.05, 3.63) is 99.5 Å². The molecule has 0 aliphatic carbocycles. The van der Waals surface area contributed by atoms with Crippen LogP contribution in [0.25, 0.3) is 11.3 Å². The minimum atomic E-state index is -0.369. The van der Waals surface area contributed by atoms with Gasteiger partial charge >= 0.3 is 0 Å². The Bertz CT molecular complexity index is 1320. The Kier molecular flexibility index (Phi) is 4.94. The summed E-state index contributed by atoms with van der Waals surface area (Å²) >= 11 is 6.36. The average Bonchev–Trinajstić information content (AvgIpc) is 3.32. The molecule has 0 fully saturated rings. The van der Waals surface area contributed by atoms with Gasteiger partial charge in [-0.05, 0) is 48.7 Å². The van der Waals surface area contributed by atoms with Gasteiger partial charge in [-0.2, -0.15) is 5.10 Å². The Morgan fingerprint density at radius 1 is 1.16 bits per heavy atom. The van der Waals surface area contributed by atoms with Crippen molar-refractivity contribution in [3.63, 3.8) is 0 Å². The van der Waals surface area contributed by atoms with E-state index in [0.29, 0.717) is 28.5 Å². The van der Waals surface area contributed by atoms with Gasteiger partial charge in [-0.1, -0.05) is 47.5 Å². The van der Waals surface area contributed by atoms with Gasteiger partial charge in [0.15, 0.2) is 0 Å². The van der Waals surface area contributed by atoms with Crippen molar-refractivity contribution in [2.45, 2.75) is 26.4 Å². The van der Waals surface area contributed by atoms with Crippen molar-refractivity contribution in [2.24, 2.45) is 0 Å². The van der Waals surface area contributed by atoms with Crippen molar-refractivity contribution < 1.29 is 9.90 Å². The smallest absolute Gasteiger partial charge is 0.273 e. The van der Waals surface area contributed by atoms with Gasteiger partial charge in [0, 0.05) is 35.1 Å². The van der Waals surface area contributed by atoms with Gasteiger partial charge in [-0.3, -0.25) is 14.9 Å². The molecule has 6 nitrogen and oxygen atoms in total. The predicted octanol–water partition coefficient (Wildman–Crippen LogP) is 5.19. The van der Waals surface area contributed by atoms with Crippen LogP contribution in [-0.4, -0.2) is 31.1 Å². The van der Waals surface area contributed by atoms with E-state index in [-0.39, 0.29) is 17.7 Å². The molecule has 1 aliphatic heterocycles. The molecule has 7 heteroatoms. The lowest BCUT2D eigenvalue weighted by Crippen LogP contribution is -2.29. The summed E-state index contributed by atoms with van der Waals surface area (Å²) in [6.45, 7) is 4.25. The normalized spacial score (nSPS) is 15.3. The molecule has 0 spiro atoms. The summed E-state index contributed by atoms with van der Waals surface area (Å²) in [7, 11) is 0. The molecule has 3 heterocycles. The van der Waals surface area contributed by atoms with Crippen LogP contribution < -0.4 is 0 Å². The SMILES string of the molecule is Cc1ccc([C@@H]2c3c(-c4cc(Cl)c(C)cc4O)n[nH]c3C(=O)N2Cc2cccnc2)cc1. The number of hydrogen-bond acceptors (Lipinski definition) is 4. The summed E-state index contributed by atoms with van der Waals surface area (Å²) in [4.78, 5) is 19.4. The number of aromatic hydroxyl groups is 1. The maximum Gasteiger partial charge on any atom is 0.273 e. The lowest BCUT2D eigenvalue weighted by atomic mass is 9.94. The van der Waals surface area contributed by atoms with Gasteiger partial charge in [0.25, 0.3) is 5.91 Å². The zero-order chi connectivity index (χ0) is 22.4. The molecule has 1 amide bonds. The van der Waals surface area contributed by atoms with Crippen LogP contribution in [0.15, 0.2) is 60.9 Å². The molecule has 160 valence electrons. The third-order valence-corrected chi connectivity index (χ3v) is 6.27. The second kappa shape index (κ2) is 7.80. The number of phenols is 1. The summed E-state index contributed by atoms with van der Waals surface area (Å²) in [5.41, 5.74) is 5.96. The molecular formula is C25H21ClN4O2. The van der Waals surface area contributed by atoms with Crippen LogP contribution in [0, 0.1) is 13.8 Å². The minimum Gasteiger partial charge on any atom is -0.507 e. The number of aromatic nitrogens is 3. The van der Waals surface area contributed by atoms with Gasteiger partial charge < -0.3 is 10.0 Å². The highest BCUT2D eigenvalue weighted by Gasteiger charge is 2.42. The minimum absolute atomic E-state index is 0.0713. The zero-order valence-corrected chi connectivity index (χ0v) is 18.4.